The summed E-state index contributed by atoms with van der Waals surface area (Å²) in [7, 11) is 0. The second-order valence-corrected chi connectivity index (χ2v) is 4.39. The monoisotopic (exact) mass is 198 g/mol. The molecule has 2 nitrogen and oxygen atoms in total. The van der Waals surface area contributed by atoms with Gasteiger partial charge in [0, 0.05) is 10.9 Å². The van der Waals surface area contributed by atoms with Crippen molar-refractivity contribution < 1.29 is 0 Å². The van der Waals surface area contributed by atoms with E-state index >= 15 is 0 Å². The number of hydrogen-bond acceptors (Lipinski definition) is 3. The Kier molecular flexibility index (Phi) is 4.39. The largest absolute Gasteiger partial charge is 0.328 e. The van der Waals surface area contributed by atoms with Crippen LogP contribution in [0.3, 0.4) is 0 Å². The molecule has 0 bridgehead atoms. The third-order valence-corrected chi connectivity index (χ3v) is 3.24. The fourth-order valence-corrected chi connectivity index (χ4v) is 2.19. The van der Waals surface area contributed by atoms with Crippen LogP contribution in [0.5, 0.6) is 0 Å². The van der Waals surface area contributed by atoms with E-state index in [4.69, 9.17) is 5.73 Å². The van der Waals surface area contributed by atoms with E-state index in [1.54, 1.807) is 11.3 Å². The third kappa shape index (κ3) is 3.44. The molecule has 1 rings (SSSR count). The van der Waals surface area contributed by atoms with Crippen molar-refractivity contribution in [3.8, 4) is 0 Å². The van der Waals surface area contributed by atoms with Gasteiger partial charge >= 0.3 is 0 Å². The Morgan fingerprint density at radius 3 is 2.85 bits per heavy atom. The summed E-state index contributed by atoms with van der Waals surface area (Å²) in [6.45, 7) is 4.25. The molecule has 0 saturated heterocycles. The van der Waals surface area contributed by atoms with Crippen molar-refractivity contribution >= 4 is 11.3 Å². The molecule has 0 saturated carbocycles. The third-order valence-electron chi connectivity index (χ3n) is 2.25. The summed E-state index contributed by atoms with van der Waals surface area (Å²) in [6, 6.07) is 0.367. The molecule has 1 aromatic heterocycles. The molecule has 74 valence electrons. The van der Waals surface area contributed by atoms with E-state index < -0.39 is 0 Å². The van der Waals surface area contributed by atoms with Gasteiger partial charge in [-0.1, -0.05) is 13.3 Å². The van der Waals surface area contributed by atoms with E-state index in [0.717, 1.165) is 19.3 Å². The van der Waals surface area contributed by atoms with Crippen molar-refractivity contribution in [1.82, 2.24) is 4.98 Å². The van der Waals surface area contributed by atoms with Crippen LogP contribution in [0.2, 0.25) is 0 Å². The van der Waals surface area contributed by atoms with Gasteiger partial charge in [-0.25, -0.2) is 4.98 Å². The molecular formula is C10H18N2S. The lowest BCUT2D eigenvalue weighted by Crippen LogP contribution is -2.20. The first-order chi connectivity index (χ1) is 6.24. The van der Waals surface area contributed by atoms with Gasteiger partial charge in [0.05, 0.1) is 11.2 Å². The number of nitrogens with zero attached hydrogens (tertiary/aromatic N) is 1. The van der Waals surface area contributed by atoms with Gasteiger partial charge in [-0.2, -0.15) is 0 Å². The van der Waals surface area contributed by atoms with Gasteiger partial charge in [0.25, 0.3) is 0 Å². The van der Waals surface area contributed by atoms with Crippen LogP contribution in [0.4, 0.5) is 0 Å². The number of rotatable bonds is 5. The molecule has 0 fully saturated rings. The van der Waals surface area contributed by atoms with Gasteiger partial charge in [-0.3, -0.25) is 0 Å². The Bertz CT molecular complexity index is 245. The second-order valence-electron chi connectivity index (χ2n) is 3.45. The Labute approximate surface area is 84.2 Å². The number of thiazole rings is 1. The zero-order chi connectivity index (χ0) is 9.68. The van der Waals surface area contributed by atoms with Crippen LogP contribution in [-0.4, -0.2) is 11.0 Å². The molecule has 0 aliphatic carbocycles. The van der Waals surface area contributed by atoms with Gasteiger partial charge in [0.15, 0.2) is 0 Å². The first kappa shape index (κ1) is 10.7. The number of nitrogens with two attached hydrogens (primary N) is 1. The van der Waals surface area contributed by atoms with Crippen LogP contribution in [0.1, 0.15) is 36.8 Å². The lowest BCUT2D eigenvalue weighted by atomic mass is 10.1. The molecule has 0 radical (unpaired) electrons. The van der Waals surface area contributed by atoms with Crippen molar-refractivity contribution in [1.29, 1.82) is 0 Å². The van der Waals surface area contributed by atoms with Crippen LogP contribution in [-0.2, 0) is 6.42 Å². The molecule has 1 atom stereocenters. The molecular weight excluding hydrogens is 180 g/mol. The maximum Gasteiger partial charge on any atom is 0.0797 e. The molecule has 0 aromatic carbocycles. The number of aromatic nitrogens is 1. The van der Waals surface area contributed by atoms with Crippen LogP contribution in [0.25, 0.3) is 0 Å². The van der Waals surface area contributed by atoms with Crippen molar-refractivity contribution in [2.45, 2.75) is 45.6 Å². The van der Waals surface area contributed by atoms with E-state index in [2.05, 4.69) is 18.8 Å². The smallest absolute Gasteiger partial charge is 0.0797 e. The summed E-state index contributed by atoms with van der Waals surface area (Å²) in [5.74, 6) is 0. The molecule has 1 unspecified atom stereocenters. The molecule has 1 heterocycles. The first-order valence-electron chi connectivity index (χ1n) is 4.88. The second kappa shape index (κ2) is 5.35. The van der Waals surface area contributed by atoms with Gasteiger partial charge in [0.1, 0.15) is 0 Å². The first-order valence-corrected chi connectivity index (χ1v) is 5.76. The summed E-state index contributed by atoms with van der Waals surface area (Å²) in [5.41, 5.74) is 9.02. The quantitative estimate of drug-likeness (QED) is 0.789. The fourth-order valence-electron chi connectivity index (χ4n) is 1.40. The summed E-state index contributed by atoms with van der Waals surface area (Å²) in [5, 5.41) is 0. The van der Waals surface area contributed by atoms with Gasteiger partial charge in [-0.15, -0.1) is 11.3 Å². The Morgan fingerprint density at radius 2 is 2.31 bits per heavy atom. The number of aryl methyl sites for hydroxylation is 2. The molecule has 3 heteroatoms. The highest BCUT2D eigenvalue weighted by molar-refractivity contribution is 7.09. The summed E-state index contributed by atoms with van der Waals surface area (Å²) >= 11 is 1.74. The van der Waals surface area contributed by atoms with Gasteiger partial charge in [-0.05, 0) is 26.2 Å². The topological polar surface area (TPSA) is 38.9 Å². The molecule has 0 aliphatic rings. The predicted molar refractivity (Wildman–Crippen MR) is 58.1 cm³/mol. The van der Waals surface area contributed by atoms with Gasteiger partial charge < -0.3 is 5.73 Å². The molecule has 13 heavy (non-hydrogen) atoms. The SMILES string of the molecule is CCCC(N)CCc1scnc1C. The van der Waals surface area contributed by atoms with Crippen LogP contribution >= 0.6 is 11.3 Å². The van der Waals surface area contributed by atoms with Crippen molar-refractivity contribution in [2.75, 3.05) is 0 Å². The predicted octanol–water partition coefficient (Wildman–Crippen LogP) is 2.51. The average molecular weight is 198 g/mol. The molecule has 0 spiro atoms. The van der Waals surface area contributed by atoms with E-state index in [0.29, 0.717) is 6.04 Å². The lowest BCUT2D eigenvalue weighted by Gasteiger charge is -2.08. The minimum Gasteiger partial charge on any atom is -0.328 e. The minimum atomic E-state index is 0.367. The summed E-state index contributed by atoms with van der Waals surface area (Å²) in [6.07, 6.45) is 4.51. The van der Waals surface area contributed by atoms with Crippen LogP contribution in [0, 0.1) is 6.92 Å². The van der Waals surface area contributed by atoms with Crippen molar-refractivity contribution in [2.24, 2.45) is 5.73 Å². The minimum absolute atomic E-state index is 0.367. The Balaban J connectivity index is 2.30. The zero-order valence-electron chi connectivity index (χ0n) is 8.42. The fraction of sp³-hybridized carbons (Fsp3) is 0.700. The van der Waals surface area contributed by atoms with E-state index in [1.807, 2.05) is 5.51 Å². The molecule has 2 N–H and O–H groups in total. The normalized spacial score (nSPS) is 13.2. The summed E-state index contributed by atoms with van der Waals surface area (Å²) < 4.78 is 0. The van der Waals surface area contributed by atoms with E-state index in [9.17, 15) is 0 Å². The summed E-state index contributed by atoms with van der Waals surface area (Å²) in [4.78, 5) is 5.61. The van der Waals surface area contributed by atoms with E-state index in [-0.39, 0.29) is 0 Å². The maximum atomic E-state index is 5.94. The highest BCUT2D eigenvalue weighted by Gasteiger charge is 2.05. The van der Waals surface area contributed by atoms with Crippen LogP contribution in [0.15, 0.2) is 5.51 Å². The van der Waals surface area contributed by atoms with E-state index in [1.165, 1.54) is 17.0 Å². The Hall–Kier alpha value is -0.410. The lowest BCUT2D eigenvalue weighted by molar-refractivity contribution is 0.562. The van der Waals surface area contributed by atoms with Gasteiger partial charge in [0.2, 0.25) is 0 Å². The van der Waals surface area contributed by atoms with Crippen molar-refractivity contribution in [3.05, 3.63) is 16.1 Å². The molecule has 0 amide bonds. The highest BCUT2D eigenvalue weighted by atomic mass is 32.1. The average Bonchev–Trinajstić information content (AvgIpc) is 2.48. The molecule has 0 aliphatic heterocycles. The standard InChI is InChI=1S/C10H18N2S/c1-3-4-9(11)5-6-10-8(2)12-7-13-10/h7,9H,3-6,11H2,1-2H3. The highest BCUT2D eigenvalue weighted by Crippen LogP contribution is 2.15. The van der Waals surface area contributed by atoms with Crippen LogP contribution < -0.4 is 5.73 Å². The Morgan fingerprint density at radius 1 is 1.54 bits per heavy atom. The molecule has 1 aromatic rings. The van der Waals surface area contributed by atoms with Crippen molar-refractivity contribution in [3.63, 3.8) is 0 Å². The number of hydrogen-bond donors (Lipinski definition) is 1. The maximum absolute atomic E-state index is 5.94. The zero-order valence-corrected chi connectivity index (χ0v) is 9.23.